The second-order valence-corrected chi connectivity index (χ2v) is 6.39. The van der Waals surface area contributed by atoms with Gasteiger partial charge in [0, 0.05) is 24.5 Å². The minimum atomic E-state index is -0.203. The number of piperazine rings is 1. The first-order chi connectivity index (χ1) is 11.1. The van der Waals surface area contributed by atoms with Crippen LogP contribution in [0, 0.1) is 0 Å². The van der Waals surface area contributed by atoms with Crippen molar-refractivity contribution in [1.82, 2.24) is 10.2 Å². The Balaban J connectivity index is 1.55. The molecule has 0 aromatic heterocycles. The van der Waals surface area contributed by atoms with Crippen molar-refractivity contribution in [1.29, 1.82) is 0 Å². The lowest BCUT2D eigenvalue weighted by Gasteiger charge is -2.28. The number of rotatable bonds is 4. The minimum Gasteiger partial charge on any atom is -0.360 e. The average molecular weight is 334 g/mol. The molecule has 2 fully saturated rings. The average Bonchev–Trinajstić information content (AvgIpc) is 2.93. The Labute approximate surface area is 138 Å². The van der Waals surface area contributed by atoms with Crippen molar-refractivity contribution in [2.45, 2.75) is 0 Å². The molecule has 2 saturated heterocycles. The maximum absolute atomic E-state index is 12.0. The normalized spacial score (nSPS) is 18.1. The molecule has 2 heterocycles. The van der Waals surface area contributed by atoms with Gasteiger partial charge in [0.2, 0.25) is 17.7 Å². The zero-order valence-corrected chi connectivity index (χ0v) is 13.4. The molecule has 1 aromatic carbocycles. The summed E-state index contributed by atoms with van der Waals surface area (Å²) >= 11 is 1.51. The van der Waals surface area contributed by atoms with E-state index in [9.17, 15) is 14.4 Å². The van der Waals surface area contributed by atoms with E-state index in [-0.39, 0.29) is 24.3 Å². The molecule has 8 heteroatoms. The van der Waals surface area contributed by atoms with Gasteiger partial charge in [-0.15, -0.1) is 11.8 Å². The van der Waals surface area contributed by atoms with Crippen molar-refractivity contribution in [2.75, 3.05) is 48.0 Å². The molecule has 3 amide bonds. The monoisotopic (exact) mass is 334 g/mol. The summed E-state index contributed by atoms with van der Waals surface area (Å²) < 4.78 is 0. The van der Waals surface area contributed by atoms with Crippen LogP contribution in [0.15, 0.2) is 24.3 Å². The SMILES string of the molecule is O=C1CN(c2ccc(NC(=O)CN3CSCC3=O)cc2)CCN1. The Bertz CT molecular complexity index is 620. The molecule has 1 aromatic rings. The fourth-order valence-electron chi connectivity index (χ4n) is 2.53. The molecule has 23 heavy (non-hydrogen) atoms. The van der Waals surface area contributed by atoms with Gasteiger partial charge in [-0.2, -0.15) is 0 Å². The number of amides is 3. The Morgan fingerprint density at radius 3 is 2.70 bits per heavy atom. The van der Waals surface area contributed by atoms with E-state index in [0.29, 0.717) is 30.4 Å². The maximum Gasteiger partial charge on any atom is 0.244 e. The highest BCUT2D eigenvalue weighted by atomic mass is 32.2. The standard InChI is InChI=1S/C15H18N4O3S/c20-13-7-18(6-5-16-13)12-3-1-11(2-4-12)17-14(21)8-19-10-23-9-15(19)22/h1-4H,5-10H2,(H,16,20)(H,17,21). The number of nitrogens with one attached hydrogen (secondary N) is 2. The lowest BCUT2D eigenvalue weighted by molar-refractivity contribution is -0.130. The Morgan fingerprint density at radius 2 is 2.04 bits per heavy atom. The molecule has 0 bridgehead atoms. The molecule has 2 aliphatic rings. The third-order valence-electron chi connectivity index (χ3n) is 3.71. The summed E-state index contributed by atoms with van der Waals surface area (Å²) in [7, 11) is 0. The van der Waals surface area contributed by atoms with Gasteiger partial charge in [-0.1, -0.05) is 0 Å². The van der Waals surface area contributed by atoms with Crippen LogP contribution in [0.5, 0.6) is 0 Å². The number of benzene rings is 1. The first-order valence-corrected chi connectivity index (χ1v) is 8.54. The van der Waals surface area contributed by atoms with Gasteiger partial charge < -0.3 is 20.4 Å². The molecule has 7 nitrogen and oxygen atoms in total. The van der Waals surface area contributed by atoms with Gasteiger partial charge >= 0.3 is 0 Å². The van der Waals surface area contributed by atoms with E-state index < -0.39 is 0 Å². The second-order valence-electron chi connectivity index (χ2n) is 5.44. The van der Waals surface area contributed by atoms with Crippen LogP contribution in [0.4, 0.5) is 11.4 Å². The maximum atomic E-state index is 12.0. The number of nitrogens with zero attached hydrogens (tertiary/aromatic N) is 2. The van der Waals surface area contributed by atoms with E-state index in [2.05, 4.69) is 10.6 Å². The van der Waals surface area contributed by atoms with Gasteiger partial charge in [0.05, 0.1) is 18.2 Å². The van der Waals surface area contributed by atoms with Crippen LogP contribution in [0.3, 0.4) is 0 Å². The van der Waals surface area contributed by atoms with Crippen LogP contribution in [0.25, 0.3) is 0 Å². The topological polar surface area (TPSA) is 81.8 Å². The van der Waals surface area contributed by atoms with Crippen LogP contribution < -0.4 is 15.5 Å². The smallest absolute Gasteiger partial charge is 0.244 e. The molecule has 2 aliphatic heterocycles. The number of carbonyl (C=O) groups excluding carboxylic acids is 3. The van der Waals surface area contributed by atoms with Crippen molar-refractivity contribution >= 4 is 40.9 Å². The summed E-state index contributed by atoms with van der Waals surface area (Å²) in [6.07, 6.45) is 0. The number of anilines is 2. The summed E-state index contributed by atoms with van der Waals surface area (Å²) in [6.45, 7) is 1.84. The van der Waals surface area contributed by atoms with Crippen molar-refractivity contribution in [3.05, 3.63) is 24.3 Å². The molecule has 0 spiro atoms. The third kappa shape index (κ3) is 3.95. The van der Waals surface area contributed by atoms with E-state index >= 15 is 0 Å². The Kier molecular flexibility index (Phi) is 4.71. The van der Waals surface area contributed by atoms with E-state index in [4.69, 9.17) is 0 Å². The molecule has 0 saturated carbocycles. The highest BCUT2D eigenvalue weighted by Crippen LogP contribution is 2.19. The van der Waals surface area contributed by atoms with Crippen LogP contribution in [0.2, 0.25) is 0 Å². The highest BCUT2D eigenvalue weighted by molar-refractivity contribution is 8.00. The van der Waals surface area contributed by atoms with Gasteiger partial charge in [-0.25, -0.2) is 0 Å². The molecular formula is C15H18N4O3S. The third-order valence-corrected chi connectivity index (χ3v) is 4.66. The number of carbonyl (C=O) groups is 3. The first-order valence-electron chi connectivity index (χ1n) is 7.39. The lowest BCUT2D eigenvalue weighted by atomic mass is 10.2. The van der Waals surface area contributed by atoms with Gasteiger partial charge in [0.1, 0.15) is 6.54 Å². The highest BCUT2D eigenvalue weighted by Gasteiger charge is 2.23. The fraction of sp³-hybridized carbons (Fsp3) is 0.400. The number of thioether (sulfide) groups is 1. The van der Waals surface area contributed by atoms with E-state index in [1.54, 1.807) is 17.0 Å². The molecule has 122 valence electrons. The fourth-order valence-corrected chi connectivity index (χ4v) is 3.43. The zero-order valence-electron chi connectivity index (χ0n) is 12.6. The van der Waals surface area contributed by atoms with Gasteiger partial charge in [0.15, 0.2) is 0 Å². The largest absolute Gasteiger partial charge is 0.360 e. The van der Waals surface area contributed by atoms with E-state index in [0.717, 1.165) is 12.2 Å². The summed E-state index contributed by atoms with van der Waals surface area (Å²) in [5.74, 6) is 0.838. The first kappa shape index (κ1) is 15.7. The minimum absolute atomic E-state index is 0.00359. The Morgan fingerprint density at radius 1 is 1.26 bits per heavy atom. The predicted octanol–water partition coefficient (Wildman–Crippen LogP) is 0.0942. The molecule has 0 unspecified atom stereocenters. The summed E-state index contributed by atoms with van der Waals surface area (Å²) in [6, 6.07) is 7.37. The number of hydrogen-bond acceptors (Lipinski definition) is 5. The quantitative estimate of drug-likeness (QED) is 0.816. The molecule has 0 atom stereocenters. The molecule has 0 radical (unpaired) electrons. The molecule has 2 N–H and O–H groups in total. The van der Waals surface area contributed by atoms with Gasteiger partial charge in [0.25, 0.3) is 0 Å². The molecular weight excluding hydrogens is 316 g/mol. The predicted molar refractivity (Wildman–Crippen MR) is 89.3 cm³/mol. The summed E-state index contributed by atoms with van der Waals surface area (Å²) in [5.41, 5.74) is 1.63. The Hall–Kier alpha value is -2.22. The number of hydrogen-bond donors (Lipinski definition) is 2. The van der Waals surface area contributed by atoms with Gasteiger partial charge in [-0.3, -0.25) is 14.4 Å². The van der Waals surface area contributed by atoms with Crippen molar-refractivity contribution in [3.8, 4) is 0 Å². The van der Waals surface area contributed by atoms with Crippen molar-refractivity contribution in [3.63, 3.8) is 0 Å². The van der Waals surface area contributed by atoms with Crippen LogP contribution >= 0.6 is 11.8 Å². The summed E-state index contributed by atoms with van der Waals surface area (Å²) in [4.78, 5) is 38.4. The van der Waals surface area contributed by atoms with Crippen LogP contribution in [-0.2, 0) is 14.4 Å². The van der Waals surface area contributed by atoms with E-state index in [1.807, 2.05) is 17.0 Å². The molecule has 0 aliphatic carbocycles. The van der Waals surface area contributed by atoms with Gasteiger partial charge in [-0.05, 0) is 24.3 Å². The van der Waals surface area contributed by atoms with E-state index in [1.165, 1.54) is 11.8 Å². The zero-order chi connectivity index (χ0) is 16.2. The molecule has 3 rings (SSSR count). The van der Waals surface area contributed by atoms with Crippen molar-refractivity contribution < 1.29 is 14.4 Å². The second kappa shape index (κ2) is 6.91. The van der Waals surface area contributed by atoms with Crippen molar-refractivity contribution in [2.24, 2.45) is 0 Å². The van der Waals surface area contributed by atoms with Crippen LogP contribution in [-0.4, -0.2) is 60.4 Å². The lowest BCUT2D eigenvalue weighted by Crippen LogP contribution is -2.47. The summed E-state index contributed by atoms with van der Waals surface area (Å²) in [5, 5.41) is 5.57. The van der Waals surface area contributed by atoms with Crippen LogP contribution in [0.1, 0.15) is 0 Å².